The lowest BCUT2D eigenvalue weighted by atomic mass is 10.1. The number of aryl methyl sites for hydroxylation is 2. The monoisotopic (exact) mass is 171 g/mol. The molecule has 1 aromatic heterocycles. The fourth-order valence-corrected chi connectivity index (χ4v) is 1.30. The largest absolute Gasteiger partial charge is 0.342 e. The van der Waals surface area contributed by atoms with Gasteiger partial charge in [-0.25, -0.2) is 4.98 Å². The standard InChI is InChI=1S/C11H11N2/c1-2-4-10(5-3-1)6-7-11-8-12-9-13-11/h1-5,8H,6-7H2,(H,12,13). The van der Waals surface area contributed by atoms with Crippen LogP contribution in [0.1, 0.15) is 11.3 Å². The van der Waals surface area contributed by atoms with Gasteiger partial charge in [-0.05, 0) is 18.4 Å². The Morgan fingerprint density at radius 2 is 2.00 bits per heavy atom. The second-order valence-corrected chi connectivity index (χ2v) is 2.99. The van der Waals surface area contributed by atoms with E-state index in [9.17, 15) is 0 Å². The van der Waals surface area contributed by atoms with E-state index >= 15 is 0 Å². The molecule has 2 heteroatoms. The Labute approximate surface area is 77.6 Å². The Kier molecular flexibility index (Phi) is 2.41. The third-order valence-electron chi connectivity index (χ3n) is 2.02. The Morgan fingerprint density at radius 3 is 2.69 bits per heavy atom. The third-order valence-corrected chi connectivity index (χ3v) is 2.02. The van der Waals surface area contributed by atoms with Crippen molar-refractivity contribution in [3.8, 4) is 0 Å². The SMILES string of the molecule is [c]1nc(CCc2ccccc2)c[nH]1. The number of imidazole rings is 1. The summed E-state index contributed by atoms with van der Waals surface area (Å²) in [7, 11) is 0. The molecule has 0 aliphatic rings. The average Bonchev–Trinajstić information content (AvgIpc) is 2.69. The van der Waals surface area contributed by atoms with Crippen LogP contribution in [0, 0.1) is 6.33 Å². The van der Waals surface area contributed by atoms with E-state index in [1.165, 1.54) is 5.56 Å². The summed E-state index contributed by atoms with van der Waals surface area (Å²) in [5, 5.41) is 0. The molecule has 0 saturated carbocycles. The summed E-state index contributed by atoms with van der Waals surface area (Å²) in [6.45, 7) is 0. The lowest BCUT2D eigenvalue weighted by molar-refractivity contribution is 0.925. The van der Waals surface area contributed by atoms with Crippen molar-refractivity contribution in [3.63, 3.8) is 0 Å². The van der Waals surface area contributed by atoms with Gasteiger partial charge in [-0.3, -0.25) is 0 Å². The quantitative estimate of drug-likeness (QED) is 0.751. The molecule has 13 heavy (non-hydrogen) atoms. The lowest BCUT2D eigenvalue weighted by Crippen LogP contribution is -1.90. The number of aromatic nitrogens is 2. The van der Waals surface area contributed by atoms with Crippen LogP contribution in [-0.4, -0.2) is 9.97 Å². The van der Waals surface area contributed by atoms with Crippen molar-refractivity contribution < 1.29 is 0 Å². The average molecular weight is 171 g/mol. The second-order valence-electron chi connectivity index (χ2n) is 2.99. The van der Waals surface area contributed by atoms with Gasteiger partial charge in [-0.1, -0.05) is 30.3 Å². The fourth-order valence-electron chi connectivity index (χ4n) is 1.30. The lowest BCUT2D eigenvalue weighted by Gasteiger charge is -1.97. The van der Waals surface area contributed by atoms with Gasteiger partial charge in [0.2, 0.25) is 0 Å². The predicted molar refractivity (Wildman–Crippen MR) is 51.3 cm³/mol. The third kappa shape index (κ3) is 2.18. The Balaban J connectivity index is 1.94. The molecule has 0 amide bonds. The summed E-state index contributed by atoms with van der Waals surface area (Å²) < 4.78 is 0. The molecule has 0 fully saturated rings. The molecule has 0 aliphatic heterocycles. The van der Waals surface area contributed by atoms with E-state index in [-0.39, 0.29) is 0 Å². The van der Waals surface area contributed by atoms with E-state index in [1.807, 2.05) is 12.3 Å². The molecule has 1 radical (unpaired) electrons. The molecular weight excluding hydrogens is 160 g/mol. The van der Waals surface area contributed by atoms with Crippen molar-refractivity contribution in [2.45, 2.75) is 12.8 Å². The van der Waals surface area contributed by atoms with Crippen molar-refractivity contribution in [1.29, 1.82) is 0 Å². The maximum atomic E-state index is 4.05. The molecule has 0 aliphatic carbocycles. The number of hydrogen-bond acceptors (Lipinski definition) is 1. The van der Waals surface area contributed by atoms with E-state index in [0.717, 1.165) is 18.5 Å². The molecule has 65 valence electrons. The van der Waals surface area contributed by atoms with Crippen molar-refractivity contribution in [2.24, 2.45) is 0 Å². The number of hydrogen-bond donors (Lipinski definition) is 1. The molecule has 1 heterocycles. The number of rotatable bonds is 3. The molecule has 2 nitrogen and oxygen atoms in total. The molecule has 1 N–H and O–H groups in total. The first-order valence-corrected chi connectivity index (χ1v) is 4.39. The molecule has 0 unspecified atom stereocenters. The molecule has 0 saturated heterocycles. The van der Waals surface area contributed by atoms with Crippen LogP contribution in [0.3, 0.4) is 0 Å². The van der Waals surface area contributed by atoms with Gasteiger partial charge in [0, 0.05) is 6.20 Å². The topological polar surface area (TPSA) is 28.7 Å². The van der Waals surface area contributed by atoms with Crippen LogP contribution < -0.4 is 0 Å². The molecule has 0 spiro atoms. The summed E-state index contributed by atoms with van der Waals surface area (Å²) >= 11 is 0. The van der Waals surface area contributed by atoms with Gasteiger partial charge in [-0.2, -0.15) is 0 Å². The first kappa shape index (κ1) is 8.05. The summed E-state index contributed by atoms with van der Waals surface area (Å²) in [5.41, 5.74) is 2.43. The molecule has 0 atom stereocenters. The maximum absolute atomic E-state index is 4.05. The van der Waals surface area contributed by atoms with Crippen LogP contribution in [0.2, 0.25) is 0 Å². The van der Waals surface area contributed by atoms with Gasteiger partial charge < -0.3 is 4.98 Å². The summed E-state index contributed by atoms with van der Waals surface area (Å²) in [6, 6.07) is 10.4. The molecule has 2 aromatic rings. The Hall–Kier alpha value is -1.57. The van der Waals surface area contributed by atoms with Gasteiger partial charge >= 0.3 is 0 Å². The highest BCUT2D eigenvalue weighted by Crippen LogP contribution is 2.03. The van der Waals surface area contributed by atoms with Crippen LogP contribution in [-0.2, 0) is 12.8 Å². The first-order valence-electron chi connectivity index (χ1n) is 4.39. The van der Waals surface area contributed by atoms with Crippen molar-refractivity contribution >= 4 is 0 Å². The second kappa shape index (κ2) is 3.90. The zero-order valence-corrected chi connectivity index (χ0v) is 7.33. The van der Waals surface area contributed by atoms with Crippen LogP contribution in [0.4, 0.5) is 0 Å². The Bertz CT molecular complexity index is 338. The maximum Gasteiger partial charge on any atom is 0.173 e. The predicted octanol–water partition coefficient (Wildman–Crippen LogP) is 2.00. The zero-order chi connectivity index (χ0) is 8.93. The zero-order valence-electron chi connectivity index (χ0n) is 7.33. The smallest absolute Gasteiger partial charge is 0.173 e. The molecule has 1 aromatic carbocycles. The normalized spacial score (nSPS) is 10.2. The number of benzene rings is 1. The number of H-pyrrole nitrogens is 1. The summed E-state index contributed by atoms with van der Waals surface area (Å²) in [6.07, 6.45) is 6.60. The van der Waals surface area contributed by atoms with E-state index in [2.05, 4.69) is 40.6 Å². The molecule has 0 bridgehead atoms. The molecule has 2 rings (SSSR count). The minimum atomic E-state index is 0.976. The van der Waals surface area contributed by atoms with E-state index in [4.69, 9.17) is 0 Å². The van der Waals surface area contributed by atoms with Crippen LogP contribution in [0.25, 0.3) is 0 Å². The fraction of sp³-hybridized carbons (Fsp3) is 0.182. The van der Waals surface area contributed by atoms with E-state index in [0.29, 0.717) is 0 Å². The van der Waals surface area contributed by atoms with E-state index in [1.54, 1.807) is 0 Å². The van der Waals surface area contributed by atoms with Gasteiger partial charge in [0.05, 0.1) is 5.69 Å². The van der Waals surface area contributed by atoms with Gasteiger partial charge in [0.1, 0.15) is 0 Å². The van der Waals surface area contributed by atoms with Crippen LogP contribution in [0.5, 0.6) is 0 Å². The first-order chi connectivity index (χ1) is 6.45. The highest BCUT2D eigenvalue weighted by Gasteiger charge is 1.95. The van der Waals surface area contributed by atoms with Gasteiger partial charge in [0.15, 0.2) is 6.33 Å². The highest BCUT2D eigenvalue weighted by molar-refractivity contribution is 5.15. The van der Waals surface area contributed by atoms with Gasteiger partial charge in [0.25, 0.3) is 0 Å². The minimum Gasteiger partial charge on any atom is -0.342 e. The molecular formula is C11H11N2. The number of nitrogens with zero attached hydrogens (tertiary/aromatic N) is 1. The summed E-state index contributed by atoms with van der Waals surface area (Å²) in [5.74, 6) is 0. The Morgan fingerprint density at radius 1 is 1.15 bits per heavy atom. The van der Waals surface area contributed by atoms with Gasteiger partial charge in [-0.15, -0.1) is 0 Å². The van der Waals surface area contributed by atoms with Crippen molar-refractivity contribution in [2.75, 3.05) is 0 Å². The highest BCUT2D eigenvalue weighted by atomic mass is 14.9. The van der Waals surface area contributed by atoms with Crippen molar-refractivity contribution in [1.82, 2.24) is 9.97 Å². The van der Waals surface area contributed by atoms with Crippen LogP contribution >= 0.6 is 0 Å². The minimum absolute atomic E-state index is 0.976. The number of nitrogens with one attached hydrogen (secondary N) is 1. The van der Waals surface area contributed by atoms with Crippen LogP contribution in [0.15, 0.2) is 36.5 Å². The number of aromatic amines is 1. The summed E-state index contributed by atoms with van der Waals surface area (Å²) in [4.78, 5) is 6.88. The van der Waals surface area contributed by atoms with Crippen molar-refractivity contribution in [3.05, 3.63) is 54.1 Å². The van der Waals surface area contributed by atoms with E-state index < -0.39 is 0 Å².